The molecule has 0 bridgehead atoms. The largest absolute Gasteiger partial charge is 0.389 e. The van der Waals surface area contributed by atoms with Crippen molar-refractivity contribution in [3.63, 3.8) is 0 Å². The predicted octanol–water partition coefficient (Wildman–Crippen LogP) is 1.15. The van der Waals surface area contributed by atoms with Crippen molar-refractivity contribution in [2.75, 3.05) is 6.54 Å². The maximum Gasteiger partial charge on any atom is 0.0742 e. The molecule has 0 saturated heterocycles. The number of aliphatic hydroxyl groups is 1. The standard InChI is InChI=1S/C10H19NO/c1-6-9(3,4)11-8-10(5,12)7-2/h1,11-12H,7-8H2,2-5H3. The van der Waals surface area contributed by atoms with Crippen LogP contribution in [0.4, 0.5) is 0 Å². The van der Waals surface area contributed by atoms with Crippen LogP contribution < -0.4 is 5.32 Å². The SMILES string of the molecule is C#CC(C)(C)NCC(C)(O)CC. The lowest BCUT2D eigenvalue weighted by Crippen LogP contribution is -2.46. The van der Waals surface area contributed by atoms with Gasteiger partial charge in [0.05, 0.1) is 11.1 Å². The molecule has 0 amide bonds. The van der Waals surface area contributed by atoms with E-state index in [-0.39, 0.29) is 5.54 Å². The van der Waals surface area contributed by atoms with Gasteiger partial charge in [0.2, 0.25) is 0 Å². The van der Waals surface area contributed by atoms with Crippen molar-refractivity contribution < 1.29 is 5.11 Å². The summed E-state index contributed by atoms with van der Waals surface area (Å²) < 4.78 is 0. The van der Waals surface area contributed by atoms with Gasteiger partial charge in [0.15, 0.2) is 0 Å². The molecule has 0 fully saturated rings. The molecule has 0 aromatic rings. The van der Waals surface area contributed by atoms with Gasteiger partial charge in [0, 0.05) is 6.54 Å². The smallest absolute Gasteiger partial charge is 0.0742 e. The van der Waals surface area contributed by atoms with Crippen LogP contribution in [0.5, 0.6) is 0 Å². The second-order valence-corrected chi connectivity index (χ2v) is 3.97. The minimum Gasteiger partial charge on any atom is -0.389 e. The summed E-state index contributed by atoms with van der Waals surface area (Å²) in [6, 6.07) is 0. The summed E-state index contributed by atoms with van der Waals surface area (Å²) in [5.41, 5.74) is -0.993. The molecule has 0 saturated carbocycles. The summed E-state index contributed by atoms with van der Waals surface area (Å²) in [6.45, 7) is 8.11. The van der Waals surface area contributed by atoms with Gasteiger partial charge in [0.25, 0.3) is 0 Å². The Balaban J connectivity index is 3.93. The maximum atomic E-state index is 9.65. The van der Waals surface area contributed by atoms with E-state index in [2.05, 4.69) is 11.2 Å². The van der Waals surface area contributed by atoms with E-state index in [1.807, 2.05) is 20.8 Å². The Morgan fingerprint density at radius 2 is 1.92 bits per heavy atom. The number of rotatable bonds is 4. The third-order valence-corrected chi connectivity index (χ3v) is 2.03. The molecule has 1 unspecified atom stereocenters. The fourth-order valence-corrected chi connectivity index (χ4v) is 0.587. The van der Waals surface area contributed by atoms with Gasteiger partial charge in [-0.25, -0.2) is 0 Å². The van der Waals surface area contributed by atoms with Crippen molar-refractivity contribution in [1.29, 1.82) is 0 Å². The van der Waals surface area contributed by atoms with E-state index < -0.39 is 5.60 Å². The lowest BCUT2D eigenvalue weighted by Gasteiger charge is -2.27. The first-order valence-electron chi connectivity index (χ1n) is 4.28. The van der Waals surface area contributed by atoms with Gasteiger partial charge in [-0.2, -0.15) is 0 Å². The molecule has 0 radical (unpaired) electrons. The second-order valence-electron chi connectivity index (χ2n) is 3.97. The quantitative estimate of drug-likeness (QED) is 0.619. The molecule has 70 valence electrons. The van der Waals surface area contributed by atoms with Crippen molar-refractivity contribution in [1.82, 2.24) is 5.32 Å². The van der Waals surface area contributed by atoms with Gasteiger partial charge in [-0.05, 0) is 27.2 Å². The van der Waals surface area contributed by atoms with Crippen molar-refractivity contribution in [2.45, 2.75) is 45.3 Å². The third-order valence-electron chi connectivity index (χ3n) is 2.03. The summed E-state index contributed by atoms with van der Waals surface area (Å²) in [5, 5.41) is 12.8. The molecule has 0 aromatic carbocycles. The molecule has 0 rings (SSSR count). The number of terminal acetylenes is 1. The Kier molecular flexibility index (Phi) is 3.76. The van der Waals surface area contributed by atoms with Crippen LogP contribution in [-0.4, -0.2) is 22.8 Å². The van der Waals surface area contributed by atoms with Crippen LogP contribution >= 0.6 is 0 Å². The van der Waals surface area contributed by atoms with Crippen LogP contribution in [0.15, 0.2) is 0 Å². The zero-order valence-corrected chi connectivity index (χ0v) is 8.44. The van der Waals surface area contributed by atoms with Crippen LogP contribution in [-0.2, 0) is 0 Å². The minimum absolute atomic E-state index is 0.334. The number of nitrogens with one attached hydrogen (secondary N) is 1. The Labute approximate surface area is 75.4 Å². The summed E-state index contributed by atoms with van der Waals surface area (Å²) >= 11 is 0. The molecule has 1 atom stereocenters. The number of hydrogen-bond acceptors (Lipinski definition) is 2. The van der Waals surface area contributed by atoms with E-state index in [0.717, 1.165) is 6.42 Å². The first kappa shape index (κ1) is 11.5. The Morgan fingerprint density at radius 1 is 1.42 bits per heavy atom. The Morgan fingerprint density at radius 3 is 2.25 bits per heavy atom. The summed E-state index contributed by atoms with van der Waals surface area (Å²) in [5.74, 6) is 2.62. The Bertz CT molecular complexity index is 177. The zero-order valence-electron chi connectivity index (χ0n) is 8.44. The topological polar surface area (TPSA) is 32.3 Å². The molecule has 2 heteroatoms. The van der Waals surface area contributed by atoms with Crippen LogP contribution in [0.1, 0.15) is 34.1 Å². The fraction of sp³-hybridized carbons (Fsp3) is 0.800. The molecular formula is C10H19NO. The first-order valence-corrected chi connectivity index (χ1v) is 4.28. The van der Waals surface area contributed by atoms with Gasteiger partial charge < -0.3 is 5.11 Å². The van der Waals surface area contributed by atoms with Crippen molar-refractivity contribution >= 4 is 0 Å². The van der Waals surface area contributed by atoms with Crippen LogP contribution in [0, 0.1) is 12.3 Å². The lowest BCUT2D eigenvalue weighted by molar-refractivity contribution is 0.0513. The average Bonchev–Trinajstić information content (AvgIpc) is 2.02. The van der Waals surface area contributed by atoms with Crippen molar-refractivity contribution in [3.8, 4) is 12.3 Å². The van der Waals surface area contributed by atoms with E-state index >= 15 is 0 Å². The molecular weight excluding hydrogens is 150 g/mol. The highest BCUT2D eigenvalue weighted by Gasteiger charge is 2.21. The molecule has 0 aliphatic carbocycles. The van der Waals surface area contributed by atoms with E-state index in [9.17, 15) is 5.11 Å². The van der Waals surface area contributed by atoms with Crippen molar-refractivity contribution in [3.05, 3.63) is 0 Å². The average molecular weight is 169 g/mol. The van der Waals surface area contributed by atoms with E-state index in [1.165, 1.54) is 0 Å². The van der Waals surface area contributed by atoms with E-state index in [0.29, 0.717) is 6.54 Å². The van der Waals surface area contributed by atoms with E-state index in [1.54, 1.807) is 6.92 Å². The van der Waals surface area contributed by atoms with Gasteiger partial charge >= 0.3 is 0 Å². The normalized spacial score (nSPS) is 16.7. The predicted molar refractivity (Wildman–Crippen MR) is 51.8 cm³/mol. The highest BCUT2D eigenvalue weighted by Crippen LogP contribution is 2.08. The lowest BCUT2D eigenvalue weighted by atomic mass is 10.0. The third kappa shape index (κ3) is 4.38. The number of β-amino-alcohol motifs (C(OH)–C–C–N with tert-alkyl or cyclic N) is 1. The molecule has 2 N–H and O–H groups in total. The summed E-state index contributed by atoms with van der Waals surface area (Å²) in [6.07, 6.45) is 6.01. The summed E-state index contributed by atoms with van der Waals surface area (Å²) in [4.78, 5) is 0. The second kappa shape index (κ2) is 3.93. The highest BCUT2D eigenvalue weighted by molar-refractivity contribution is 5.07. The monoisotopic (exact) mass is 169 g/mol. The molecule has 0 aromatic heterocycles. The van der Waals surface area contributed by atoms with Gasteiger partial charge in [0.1, 0.15) is 0 Å². The highest BCUT2D eigenvalue weighted by atomic mass is 16.3. The van der Waals surface area contributed by atoms with Crippen LogP contribution in [0.3, 0.4) is 0 Å². The van der Waals surface area contributed by atoms with Crippen molar-refractivity contribution in [2.24, 2.45) is 0 Å². The fourth-order valence-electron chi connectivity index (χ4n) is 0.587. The molecule has 0 heterocycles. The minimum atomic E-state index is -0.659. The zero-order chi connectivity index (χ0) is 9.83. The van der Waals surface area contributed by atoms with E-state index in [4.69, 9.17) is 6.42 Å². The van der Waals surface area contributed by atoms with Gasteiger partial charge in [-0.1, -0.05) is 12.8 Å². The van der Waals surface area contributed by atoms with Gasteiger partial charge in [-0.3, -0.25) is 5.32 Å². The van der Waals surface area contributed by atoms with Crippen LogP contribution in [0.25, 0.3) is 0 Å². The first-order chi connectivity index (χ1) is 5.33. The summed E-state index contributed by atoms with van der Waals surface area (Å²) in [7, 11) is 0. The van der Waals surface area contributed by atoms with Crippen LogP contribution in [0.2, 0.25) is 0 Å². The molecule has 0 spiro atoms. The molecule has 0 aliphatic rings. The molecule has 0 aliphatic heterocycles. The number of hydrogen-bond donors (Lipinski definition) is 2. The molecule has 12 heavy (non-hydrogen) atoms. The van der Waals surface area contributed by atoms with Gasteiger partial charge in [-0.15, -0.1) is 6.42 Å². The maximum absolute atomic E-state index is 9.65. The Hall–Kier alpha value is -0.520. The molecule has 2 nitrogen and oxygen atoms in total.